The van der Waals surface area contributed by atoms with E-state index in [2.05, 4.69) is 5.32 Å². The first-order valence-electron chi connectivity index (χ1n) is 6.56. The Morgan fingerprint density at radius 2 is 2.11 bits per heavy atom. The molecule has 2 unspecified atom stereocenters. The van der Waals surface area contributed by atoms with E-state index in [1.807, 2.05) is 26.8 Å². The predicted molar refractivity (Wildman–Crippen MR) is 71.3 cm³/mol. The first-order chi connectivity index (χ1) is 8.87. The SMILES string of the molecule is CC(C)(C)OC(=O)C1CNCC1c1cccc(F)c1. The van der Waals surface area contributed by atoms with Crippen LogP contribution < -0.4 is 5.32 Å². The second-order valence-electron chi connectivity index (χ2n) is 5.96. The Morgan fingerprint density at radius 3 is 2.74 bits per heavy atom. The van der Waals surface area contributed by atoms with E-state index in [-0.39, 0.29) is 23.6 Å². The molecule has 2 rings (SSSR count). The van der Waals surface area contributed by atoms with Gasteiger partial charge in [0.25, 0.3) is 0 Å². The molecule has 1 heterocycles. The van der Waals surface area contributed by atoms with Gasteiger partial charge < -0.3 is 10.1 Å². The summed E-state index contributed by atoms with van der Waals surface area (Å²) in [7, 11) is 0. The highest BCUT2D eigenvalue weighted by atomic mass is 19.1. The summed E-state index contributed by atoms with van der Waals surface area (Å²) in [6.45, 7) is 6.81. The fourth-order valence-electron chi connectivity index (χ4n) is 2.39. The molecule has 0 spiro atoms. The van der Waals surface area contributed by atoms with Crippen LogP contribution in [0, 0.1) is 11.7 Å². The predicted octanol–water partition coefficient (Wildman–Crippen LogP) is 2.47. The molecule has 0 amide bonds. The number of hydrogen-bond donors (Lipinski definition) is 1. The van der Waals surface area contributed by atoms with E-state index in [1.54, 1.807) is 6.07 Å². The molecule has 1 saturated heterocycles. The van der Waals surface area contributed by atoms with Crippen molar-refractivity contribution in [3.05, 3.63) is 35.6 Å². The van der Waals surface area contributed by atoms with Crippen LogP contribution in [-0.2, 0) is 9.53 Å². The number of halogens is 1. The molecule has 19 heavy (non-hydrogen) atoms. The van der Waals surface area contributed by atoms with Gasteiger partial charge in [0.2, 0.25) is 0 Å². The zero-order chi connectivity index (χ0) is 14.0. The first-order valence-corrected chi connectivity index (χ1v) is 6.56. The number of nitrogens with one attached hydrogen (secondary N) is 1. The highest BCUT2D eigenvalue weighted by Crippen LogP contribution is 2.30. The lowest BCUT2D eigenvalue weighted by Gasteiger charge is -2.24. The summed E-state index contributed by atoms with van der Waals surface area (Å²) in [6, 6.07) is 6.44. The summed E-state index contributed by atoms with van der Waals surface area (Å²) in [5.41, 5.74) is 0.354. The average molecular weight is 265 g/mol. The maximum atomic E-state index is 13.3. The van der Waals surface area contributed by atoms with E-state index in [1.165, 1.54) is 12.1 Å². The zero-order valence-corrected chi connectivity index (χ0v) is 11.6. The summed E-state index contributed by atoms with van der Waals surface area (Å²) in [6.07, 6.45) is 0. The largest absolute Gasteiger partial charge is 0.460 e. The van der Waals surface area contributed by atoms with E-state index in [0.29, 0.717) is 13.1 Å². The van der Waals surface area contributed by atoms with Gasteiger partial charge in [-0.15, -0.1) is 0 Å². The second-order valence-corrected chi connectivity index (χ2v) is 5.96. The number of benzene rings is 1. The Hall–Kier alpha value is -1.42. The normalized spacial score (nSPS) is 23.4. The van der Waals surface area contributed by atoms with Gasteiger partial charge in [0.05, 0.1) is 5.92 Å². The van der Waals surface area contributed by atoms with Gasteiger partial charge in [-0.1, -0.05) is 12.1 Å². The third-order valence-corrected chi connectivity index (χ3v) is 3.20. The van der Waals surface area contributed by atoms with Crippen LogP contribution in [0.15, 0.2) is 24.3 Å². The number of ether oxygens (including phenoxy) is 1. The number of rotatable bonds is 2. The van der Waals surface area contributed by atoms with Crippen LogP contribution in [-0.4, -0.2) is 24.7 Å². The first kappa shape index (κ1) is 14.0. The summed E-state index contributed by atoms with van der Waals surface area (Å²) in [5.74, 6) is -0.759. The number of esters is 1. The molecule has 1 aliphatic rings. The smallest absolute Gasteiger partial charge is 0.311 e. The Morgan fingerprint density at radius 1 is 1.37 bits per heavy atom. The molecule has 1 aliphatic heterocycles. The molecule has 3 nitrogen and oxygen atoms in total. The van der Waals surface area contributed by atoms with Gasteiger partial charge in [-0.3, -0.25) is 4.79 Å². The van der Waals surface area contributed by atoms with Crippen LogP contribution in [0.4, 0.5) is 4.39 Å². The number of hydrogen-bond acceptors (Lipinski definition) is 3. The van der Waals surface area contributed by atoms with Crippen LogP contribution >= 0.6 is 0 Å². The maximum Gasteiger partial charge on any atom is 0.311 e. The summed E-state index contributed by atoms with van der Waals surface area (Å²) >= 11 is 0. The maximum absolute atomic E-state index is 13.3. The topological polar surface area (TPSA) is 38.3 Å². The molecule has 0 bridgehead atoms. The second kappa shape index (κ2) is 5.29. The van der Waals surface area contributed by atoms with E-state index in [4.69, 9.17) is 4.74 Å². The Balaban J connectivity index is 2.15. The number of carbonyl (C=O) groups excluding carboxylic acids is 1. The Bertz CT molecular complexity index is 467. The van der Waals surface area contributed by atoms with E-state index in [9.17, 15) is 9.18 Å². The molecule has 0 aromatic heterocycles. The van der Waals surface area contributed by atoms with Crippen LogP contribution in [0.1, 0.15) is 32.3 Å². The average Bonchev–Trinajstić information content (AvgIpc) is 2.75. The van der Waals surface area contributed by atoms with Gasteiger partial charge in [0.15, 0.2) is 0 Å². The monoisotopic (exact) mass is 265 g/mol. The number of carbonyl (C=O) groups is 1. The van der Waals surface area contributed by atoms with E-state index in [0.717, 1.165) is 5.56 Å². The molecule has 0 radical (unpaired) electrons. The molecule has 1 N–H and O–H groups in total. The van der Waals surface area contributed by atoms with Gasteiger partial charge in [-0.05, 0) is 38.5 Å². The van der Waals surface area contributed by atoms with Crippen LogP contribution in [0.2, 0.25) is 0 Å². The molecular formula is C15H20FNO2. The molecule has 104 valence electrons. The van der Waals surface area contributed by atoms with Crippen molar-refractivity contribution in [1.82, 2.24) is 5.32 Å². The molecule has 2 atom stereocenters. The van der Waals surface area contributed by atoms with Crippen LogP contribution in [0.5, 0.6) is 0 Å². The molecule has 4 heteroatoms. The standard InChI is InChI=1S/C15H20FNO2/c1-15(2,3)19-14(18)13-9-17-8-12(13)10-5-4-6-11(16)7-10/h4-7,12-13,17H,8-9H2,1-3H3. The van der Waals surface area contributed by atoms with Crippen molar-refractivity contribution in [3.8, 4) is 0 Å². The van der Waals surface area contributed by atoms with Crippen molar-refractivity contribution >= 4 is 5.97 Å². The molecule has 1 aromatic rings. The van der Waals surface area contributed by atoms with Gasteiger partial charge in [0, 0.05) is 19.0 Å². The van der Waals surface area contributed by atoms with Gasteiger partial charge in [-0.25, -0.2) is 4.39 Å². The quantitative estimate of drug-likeness (QED) is 0.835. The minimum atomic E-state index is -0.494. The van der Waals surface area contributed by atoms with Crippen molar-refractivity contribution in [2.24, 2.45) is 5.92 Å². The highest BCUT2D eigenvalue weighted by molar-refractivity contribution is 5.75. The van der Waals surface area contributed by atoms with Crippen molar-refractivity contribution in [2.75, 3.05) is 13.1 Å². The van der Waals surface area contributed by atoms with Crippen molar-refractivity contribution < 1.29 is 13.9 Å². The van der Waals surface area contributed by atoms with E-state index < -0.39 is 5.60 Å². The lowest BCUT2D eigenvalue weighted by Crippen LogP contribution is -2.31. The lowest BCUT2D eigenvalue weighted by atomic mass is 9.89. The van der Waals surface area contributed by atoms with Crippen molar-refractivity contribution in [3.63, 3.8) is 0 Å². The Kier molecular flexibility index (Phi) is 3.90. The fraction of sp³-hybridized carbons (Fsp3) is 0.533. The van der Waals surface area contributed by atoms with Crippen molar-refractivity contribution in [1.29, 1.82) is 0 Å². The van der Waals surface area contributed by atoms with Gasteiger partial charge >= 0.3 is 5.97 Å². The summed E-state index contributed by atoms with van der Waals surface area (Å²) < 4.78 is 18.7. The van der Waals surface area contributed by atoms with Crippen molar-refractivity contribution in [2.45, 2.75) is 32.3 Å². The van der Waals surface area contributed by atoms with Gasteiger partial charge in [0.1, 0.15) is 11.4 Å². The summed E-state index contributed by atoms with van der Waals surface area (Å²) in [4.78, 5) is 12.2. The minimum Gasteiger partial charge on any atom is -0.460 e. The molecular weight excluding hydrogens is 245 g/mol. The molecule has 1 aromatic carbocycles. The zero-order valence-electron chi connectivity index (χ0n) is 11.6. The fourth-order valence-corrected chi connectivity index (χ4v) is 2.39. The van der Waals surface area contributed by atoms with Gasteiger partial charge in [-0.2, -0.15) is 0 Å². The van der Waals surface area contributed by atoms with Crippen LogP contribution in [0.25, 0.3) is 0 Å². The minimum absolute atomic E-state index is 0.0226. The molecule has 1 fully saturated rings. The van der Waals surface area contributed by atoms with Crippen LogP contribution in [0.3, 0.4) is 0 Å². The highest BCUT2D eigenvalue weighted by Gasteiger charge is 2.36. The molecule has 0 aliphatic carbocycles. The summed E-state index contributed by atoms with van der Waals surface area (Å²) in [5, 5.41) is 3.18. The third kappa shape index (κ3) is 3.53. The third-order valence-electron chi connectivity index (χ3n) is 3.20. The van der Waals surface area contributed by atoms with E-state index >= 15 is 0 Å². The Labute approximate surface area is 113 Å². The molecule has 0 saturated carbocycles. The lowest BCUT2D eigenvalue weighted by molar-refractivity contribution is -0.159.